The number of amides is 1. The lowest BCUT2D eigenvalue weighted by Crippen LogP contribution is -2.51. The second kappa shape index (κ2) is 12.3. The predicted octanol–water partition coefficient (Wildman–Crippen LogP) is 4.36. The molecule has 2 unspecified atom stereocenters. The first-order valence-electron chi connectivity index (χ1n) is 12.2. The molecule has 1 aromatic carbocycles. The van der Waals surface area contributed by atoms with Crippen molar-refractivity contribution in [2.75, 3.05) is 45.3 Å². The number of carbonyl (C=O) groups is 1. The fraction of sp³-hybridized carbons (Fsp3) is 0.538. The van der Waals surface area contributed by atoms with Gasteiger partial charge in [0.25, 0.3) is 0 Å². The Morgan fingerprint density at radius 1 is 1.11 bits per heavy atom. The SMILES string of the molecule is CCC(CC(C)C(=O)N1CCN(c2cc(C(F)(F)F)ccn2)CC1)NCc1ccc(OC)cc1OC. The van der Waals surface area contributed by atoms with E-state index in [4.69, 9.17) is 9.47 Å². The molecular formula is C26H35F3N4O3. The van der Waals surface area contributed by atoms with Crippen LogP contribution >= 0.6 is 0 Å². The number of ether oxygens (including phenoxy) is 2. The van der Waals surface area contributed by atoms with Crippen LogP contribution in [0.3, 0.4) is 0 Å². The molecule has 0 saturated carbocycles. The third-order valence-corrected chi connectivity index (χ3v) is 6.62. The lowest BCUT2D eigenvalue weighted by molar-refractivity contribution is -0.137. The average molecular weight is 509 g/mol. The molecule has 0 spiro atoms. The van der Waals surface area contributed by atoms with Crippen LogP contribution in [0.1, 0.15) is 37.8 Å². The Morgan fingerprint density at radius 2 is 1.83 bits per heavy atom. The second-order valence-electron chi connectivity index (χ2n) is 9.01. The molecule has 36 heavy (non-hydrogen) atoms. The lowest BCUT2D eigenvalue weighted by atomic mass is 9.98. The standard InChI is InChI=1S/C26H35F3N4O3/c1-5-21(31-17-19-6-7-22(35-3)16-23(19)36-4)14-18(2)25(34)33-12-10-32(11-13-33)24-15-20(8-9-30-24)26(27,28)29/h6-9,15-16,18,21,31H,5,10-14,17H2,1-4H3. The van der Waals surface area contributed by atoms with Gasteiger partial charge in [-0.3, -0.25) is 4.79 Å². The third kappa shape index (κ3) is 7.02. The molecule has 1 aromatic heterocycles. The highest BCUT2D eigenvalue weighted by molar-refractivity contribution is 5.78. The molecule has 0 bridgehead atoms. The van der Waals surface area contributed by atoms with Crippen molar-refractivity contribution < 1.29 is 27.4 Å². The van der Waals surface area contributed by atoms with Crippen LogP contribution in [0.5, 0.6) is 11.5 Å². The Kier molecular flexibility index (Phi) is 9.42. The summed E-state index contributed by atoms with van der Waals surface area (Å²) in [5.41, 5.74) is 0.292. The van der Waals surface area contributed by atoms with E-state index >= 15 is 0 Å². The number of anilines is 1. The summed E-state index contributed by atoms with van der Waals surface area (Å²) in [5.74, 6) is 1.64. The third-order valence-electron chi connectivity index (χ3n) is 6.62. The van der Waals surface area contributed by atoms with Crippen LogP contribution in [-0.2, 0) is 17.5 Å². The van der Waals surface area contributed by atoms with E-state index in [0.717, 1.165) is 35.6 Å². The van der Waals surface area contributed by atoms with Crippen LogP contribution in [0, 0.1) is 5.92 Å². The number of methoxy groups -OCH3 is 2. The largest absolute Gasteiger partial charge is 0.497 e. The van der Waals surface area contributed by atoms with Crippen molar-refractivity contribution in [3.63, 3.8) is 0 Å². The van der Waals surface area contributed by atoms with Crippen molar-refractivity contribution >= 4 is 11.7 Å². The number of pyridine rings is 1. The van der Waals surface area contributed by atoms with Crippen molar-refractivity contribution in [2.24, 2.45) is 5.92 Å². The smallest absolute Gasteiger partial charge is 0.416 e. The molecule has 2 atom stereocenters. The molecule has 1 N–H and O–H groups in total. The Hall–Kier alpha value is -3.01. The van der Waals surface area contributed by atoms with E-state index in [1.807, 2.05) is 25.1 Å². The molecule has 0 aliphatic carbocycles. The minimum absolute atomic E-state index is 0.0638. The molecule has 1 amide bonds. The number of carbonyl (C=O) groups excluding carboxylic acids is 1. The van der Waals surface area contributed by atoms with Crippen molar-refractivity contribution in [3.8, 4) is 11.5 Å². The van der Waals surface area contributed by atoms with Crippen LogP contribution in [0.4, 0.5) is 19.0 Å². The molecule has 0 radical (unpaired) electrons. The highest BCUT2D eigenvalue weighted by Gasteiger charge is 2.32. The summed E-state index contributed by atoms with van der Waals surface area (Å²) in [4.78, 5) is 20.8. The van der Waals surface area contributed by atoms with Crippen molar-refractivity contribution in [1.82, 2.24) is 15.2 Å². The number of nitrogens with one attached hydrogen (secondary N) is 1. The van der Waals surface area contributed by atoms with E-state index in [0.29, 0.717) is 39.1 Å². The molecule has 7 nitrogen and oxygen atoms in total. The van der Waals surface area contributed by atoms with Gasteiger partial charge in [0.2, 0.25) is 5.91 Å². The van der Waals surface area contributed by atoms with Gasteiger partial charge in [0.15, 0.2) is 0 Å². The van der Waals surface area contributed by atoms with Crippen LogP contribution in [0.15, 0.2) is 36.5 Å². The van der Waals surface area contributed by atoms with E-state index < -0.39 is 11.7 Å². The zero-order valence-electron chi connectivity index (χ0n) is 21.3. The summed E-state index contributed by atoms with van der Waals surface area (Å²) in [6.45, 7) is 6.42. The van der Waals surface area contributed by atoms with Gasteiger partial charge in [-0.1, -0.05) is 19.9 Å². The van der Waals surface area contributed by atoms with Gasteiger partial charge in [-0.25, -0.2) is 4.98 Å². The van der Waals surface area contributed by atoms with E-state index in [1.54, 1.807) is 24.0 Å². The first-order valence-corrected chi connectivity index (χ1v) is 12.2. The van der Waals surface area contributed by atoms with E-state index in [-0.39, 0.29) is 23.7 Å². The number of piperazine rings is 1. The van der Waals surface area contributed by atoms with E-state index in [1.165, 1.54) is 6.20 Å². The van der Waals surface area contributed by atoms with Crippen molar-refractivity contribution in [2.45, 2.75) is 45.5 Å². The first-order chi connectivity index (χ1) is 17.2. The highest BCUT2D eigenvalue weighted by atomic mass is 19.4. The summed E-state index contributed by atoms with van der Waals surface area (Å²) < 4.78 is 49.8. The maximum absolute atomic E-state index is 13.1. The number of alkyl halides is 3. The van der Waals surface area contributed by atoms with Gasteiger partial charge < -0.3 is 24.6 Å². The fourth-order valence-electron chi connectivity index (χ4n) is 4.41. The van der Waals surface area contributed by atoms with Gasteiger partial charge in [-0.2, -0.15) is 13.2 Å². The van der Waals surface area contributed by atoms with E-state index in [9.17, 15) is 18.0 Å². The zero-order chi connectivity index (χ0) is 26.3. The maximum Gasteiger partial charge on any atom is 0.416 e. The predicted molar refractivity (Wildman–Crippen MR) is 132 cm³/mol. The maximum atomic E-state index is 13.1. The number of hydrogen-bond donors (Lipinski definition) is 1. The number of benzene rings is 1. The number of hydrogen-bond acceptors (Lipinski definition) is 6. The molecule has 2 aromatic rings. The van der Waals surface area contributed by atoms with Gasteiger partial charge in [-0.05, 0) is 31.0 Å². The Balaban J connectivity index is 1.52. The lowest BCUT2D eigenvalue weighted by Gasteiger charge is -2.37. The van der Waals surface area contributed by atoms with Gasteiger partial charge in [0.1, 0.15) is 17.3 Å². The van der Waals surface area contributed by atoms with Crippen LogP contribution < -0.4 is 19.7 Å². The van der Waals surface area contributed by atoms with Crippen molar-refractivity contribution in [1.29, 1.82) is 0 Å². The number of nitrogens with zero attached hydrogens (tertiary/aromatic N) is 3. The summed E-state index contributed by atoms with van der Waals surface area (Å²) in [6.07, 6.45) is -1.68. The van der Waals surface area contributed by atoms with Crippen LogP contribution in [0.25, 0.3) is 0 Å². The van der Waals surface area contributed by atoms with Crippen LogP contribution in [0.2, 0.25) is 0 Å². The molecule has 1 fully saturated rings. The molecule has 198 valence electrons. The summed E-state index contributed by atoms with van der Waals surface area (Å²) in [7, 11) is 3.24. The summed E-state index contributed by atoms with van der Waals surface area (Å²) in [5, 5.41) is 3.53. The first kappa shape index (κ1) is 27.6. The Labute approximate surface area is 210 Å². The minimum atomic E-state index is -4.41. The zero-order valence-corrected chi connectivity index (χ0v) is 21.3. The molecular weight excluding hydrogens is 473 g/mol. The van der Waals surface area contributed by atoms with Gasteiger partial charge in [0, 0.05) is 62.5 Å². The van der Waals surface area contributed by atoms with E-state index in [2.05, 4.69) is 17.2 Å². The fourth-order valence-corrected chi connectivity index (χ4v) is 4.41. The normalized spacial score (nSPS) is 16.0. The van der Waals surface area contributed by atoms with Crippen LogP contribution in [-0.4, -0.2) is 62.2 Å². The molecule has 1 saturated heterocycles. The molecule has 3 rings (SSSR count). The topological polar surface area (TPSA) is 66.9 Å². The molecule has 10 heteroatoms. The number of halogens is 3. The summed E-state index contributed by atoms with van der Waals surface area (Å²) >= 11 is 0. The van der Waals surface area contributed by atoms with Crippen molar-refractivity contribution in [3.05, 3.63) is 47.7 Å². The number of rotatable bonds is 10. The van der Waals surface area contributed by atoms with Gasteiger partial charge >= 0.3 is 6.18 Å². The quantitative estimate of drug-likeness (QED) is 0.515. The molecule has 1 aliphatic heterocycles. The second-order valence-corrected chi connectivity index (χ2v) is 9.01. The Bertz CT molecular complexity index is 1010. The highest BCUT2D eigenvalue weighted by Crippen LogP contribution is 2.31. The Morgan fingerprint density at radius 3 is 2.44 bits per heavy atom. The monoisotopic (exact) mass is 508 g/mol. The average Bonchev–Trinajstić information content (AvgIpc) is 2.90. The minimum Gasteiger partial charge on any atom is -0.497 e. The summed E-state index contributed by atoms with van der Waals surface area (Å²) in [6, 6.07) is 7.87. The number of aromatic nitrogens is 1. The van der Waals surface area contributed by atoms with Gasteiger partial charge in [-0.15, -0.1) is 0 Å². The van der Waals surface area contributed by atoms with Gasteiger partial charge in [0.05, 0.1) is 19.8 Å². The molecule has 2 heterocycles. The molecule has 1 aliphatic rings.